The van der Waals surface area contributed by atoms with Crippen LogP contribution in [0.1, 0.15) is 22.3 Å². The number of fused-ring (bicyclic) bond motifs is 8. The maximum Gasteiger partial charge on any atom is 0.143 e. The van der Waals surface area contributed by atoms with Crippen LogP contribution < -0.4 is 4.90 Å². The smallest absolute Gasteiger partial charge is 0.143 e. The van der Waals surface area contributed by atoms with Gasteiger partial charge in [0.1, 0.15) is 11.2 Å². The molecule has 1 aromatic heterocycles. The fourth-order valence-electron chi connectivity index (χ4n) is 10.9. The van der Waals surface area contributed by atoms with Crippen LogP contribution in [0.5, 0.6) is 0 Å². The molecule has 0 unspecified atom stereocenters. The summed E-state index contributed by atoms with van der Waals surface area (Å²) in [5.74, 6) is 0. The molecule has 0 amide bonds. The minimum absolute atomic E-state index is 0.552. The van der Waals surface area contributed by atoms with E-state index in [-0.39, 0.29) is 0 Å². The average molecular weight is 828 g/mol. The van der Waals surface area contributed by atoms with E-state index < -0.39 is 5.41 Å². The molecule has 0 bridgehead atoms. The first-order valence-corrected chi connectivity index (χ1v) is 22.4. The van der Waals surface area contributed by atoms with Crippen molar-refractivity contribution in [3.8, 4) is 33.4 Å². The Balaban J connectivity index is 1.11. The third-order valence-corrected chi connectivity index (χ3v) is 13.7. The van der Waals surface area contributed by atoms with Gasteiger partial charge >= 0.3 is 0 Å². The highest BCUT2D eigenvalue weighted by atomic mass is 16.3. The second kappa shape index (κ2) is 14.8. The van der Waals surface area contributed by atoms with Gasteiger partial charge in [-0.15, -0.1) is 0 Å². The van der Waals surface area contributed by atoms with E-state index in [4.69, 9.17) is 4.42 Å². The van der Waals surface area contributed by atoms with Crippen molar-refractivity contribution in [2.45, 2.75) is 5.41 Å². The highest BCUT2D eigenvalue weighted by molar-refractivity contribution is 6.14. The first kappa shape index (κ1) is 37.1. The van der Waals surface area contributed by atoms with Gasteiger partial charge in [0.2, 0.25) is 0 Å². The van der Waals surface area contributed by atoms with Gasteiger partial charge in [-0.3, -0.25) is 0 Å². The summed E-state index contributed by atoms with van der Waals surface area (Å²) >= 11 is 0. The van der Waals surface area contributed by atoms with Crippen LogP contribution >= 0.6 is 0 Å². The number of hydrogen-bond donors (Lipinski definition) is 0. The molecule has 0 fully saturated rings. The van der Waals surface area contributed by atoms with Gasteiger partial charge in [-0.1, -0.05) is 212 Å². The number of hydrogen-bond acceptors (Lipinski definition) is 2. The second-order valence-electron chi connectivity index (χ2n) is 17.1. The Morgan fingerprint density at radius 3 is 1.71 bits per heavy atom. The molecule has 0 aliphatic heterocycles. The molecule has 0 saturated heterocycles. The lowest BCUT2D eigenvalue weighted by Crippen LogP contribution is -2.28. The highest BCUT2D eigenvalue weighted by Crippen LogP contribution is 2.60. The lowest BCUT2D eigenvalue weighted by Gasteiger charge is -2.34. The van der Waals surface area contributed by atoms with E-state index in [1.807, 2.05) is 0 Å². The van der Waals surface area contributed by atoms with E-state index in [1.165, 1.54) is 60.5 Å². The fourth-order valence-corrected chi connectivity index (χ4v) is 10.9. The number of furan rings is 1. The molecule has 11 aromatic carbocycles. The normalized spacial score (nSPS) is 12.7. The van der Waals surface area contributed by atoms with Crippen molar-refractivity contribution in [1.29, 1.82) is 0 Å². The summed E-state index contributed by atoms with van der Waals surface area (Å²) in [4.78, 5) is 2.50. The number of benzene rings is 11. The predicted octanol–water partition coefficient (Wildman–Crippen LogP) is 17.1. The monoisotopic (exact) mass is 827 g/mol. The molecule has 1 aliphatic carbocycles. The van der Waals surface area contributed by atoms with E-state index in [9.17, 15) is 0 Å². The number of anilines is 3. The van der Waals surface area contributed by atoms with Crippen molar-refractivity contribution < 1.29 is 4.42 Å². The zero-order valence-corrected chi connectivity index (χ0v) is 35.5. The average Bonchev–Trinajstić information content (AvgIpc) is 3.90. The minimum atomic E-state index is -0.552. The fraction of sp³-hybridized carbons (Fsp3) is 0.0159. The zero-order chi connectivity index (χ0) is 42.9. The Kier molecular flexibility index (Phi) is 8.47. The maximum atomic E-state index is 6.94. The van der Waals surface area contributed by atoms with Gasteiger partial charge in [-0.05, 0) is 96.9 Å². The molecular weight excluding hydrogens is 787 g/mol. The Morgan fingerprint density at radius 2 is 0.892 bits per heavy atom. The van der Waals surface area contributed by atoms with Crippen LogP contribution in [0.15, 0.2) is 253 Å². The van der Waals surface area contributed by atoms with Gasteiger partial charge < -0.3 is 9.32 Å². The van der Waals surface area contributed by atoms with Crippen molar-refractivity contribution in [1.82, 2.24) is 0 Å². The third kappa shape index (κ3) is 5.67. The lowest BCUT2D eigenvalue weighted by atomic mass is 9.68. The molecule has 13 rings (SSSR count). The number of nitrogens with zero attached hydrogens (tertiary/aromatic N) is 1. The summed E-state index contributed by atoms with van der Waals surface area (Å²) in [6.07, 6.45) is 0. The zero-order valence-electron chi connectivity index (χ0n) is 35.5. The van der Waals surface area contributed by atoms with Crippen LogP contribution in [0.25, 0.3) is 76.9 Å². The molecule has 2 heteroatoms. The molecule has 0 saturated carbocycles. The van der Waals surface area contributed by atoms with Gasteiger partial charge in [-0.2, -0.15) is 0 Å². The molecule has 1 heterocycles. The van der Waals surface area contributed by atoms with Crippen molar-refractivity contribution in [3.63, 3.8) is 0 Å². The van der Waals surface area contributed by atoms with Gasteiger partial charge in [0.05, 0.1) is 16.8 Å². The molecule has 65 heavy (non-hydrogen) atoms. The van der Waals surface area contributed by atoms with Crippen molar-refractivity contribution in [2.75, 3.05) is 4.90 Å². The first-order chi connectivity index (χ1) is 32.3. The SMILES string of the molecule is c1ccc(C2(c3ccccc3)c3ccccc3-c3c(N(c4cccc(-c5cccc6ccccc56)c4)c4ccccc4-c4cccc5c4oc4cc6ccccc6cc45)cccc32)cc1. The number of rotatable bonds is 7. The van der Waals surface area contributed by atoms with E-state index in [0.29, 0.717) is 0 Å². The Hall–Kier alpha value is -8.46. The second-order valence-corrected chi connectivity index (χ2v) is 17.1. The van der Waals surface area contributed by atoms with Crippen molar-refractivity contribution in [2.24, 2.45) is 0 Å². The molecule has 304 valence electrons. The molecule has 0 spiro atoms. The molecule has 1 aliphatic rings. The van der Waals surface area contributed by atoms with Gasteiger partial charge in [0.25, 0.3) is 0 Å². The Labute approximate surface area is 377 Å². The maximum absolute atomic E-state index is 6.94. The summed E-state index contributed by atoms with van der Waals surface area (Å²) in [5.41, 5.74) is 16.4. The summed E-state index contributed by atoms with van der Waals surface area (Å²) in [7, 11) is 0. The van der Waals surface area contributed by atoms with Crippen molar-refractivity contribution in [3.05, 3.63) is 271 Å². The molecule has 12 aromatic rings. The summed E-state index contributed by atoms with van der Waals surface area (Å²) in [6, 6.07) is 90.9. The highest BCUT2D eigenvalue weighted by Gasteiger charge is 2.47. The Bertz CT molecular complexity index is 3740. The molecule has 0 radical (unpaired) electrons. The van der Waals surface area contributed by atoms with Gasteiger partial charge in [0, 0.05) is 33.2 Å². The van der Waals surface area contributed by atoms with Crippen molar-refractivity contribution >= 4 is 60.5 Å². The van der Waals surface area contributed by atoms with E-state index in [2.05, 4.69) is 254 Å². The van der Waals surface area contributed by atoms with Crippen LogP contribution in [-0.2, 0) is 5.41 Å². The standard InChI is InChI=1S/C63H41NO/c1-3-24-46(25-4-1)63(47-26-5-2-6-27-47)56-35-13-11-31-54(56)61-57(63)36-18-38-59(61)64(48-28-15-23-45(39-48)50-32-16-22-42-19-9-10-29-49(42)50)58-37-14-12-30-51(58)52-33-17-34-53-55-40-43-20-7-8-21-44(43)41-60(55)65-62(52)53/h1-41H. The molecular formula is C63H41NO. The molecule has 0 N–H and O–H groups in total. The van der Waals surface area contributed by atoms with Crippen LogP contribution in [0, 0.1) is 0 Å². The quantitative estimate of drug-likeness (QED) is 0.159. The van der Waals surface area contributed by atoms with Crippen LogP contribution in [0.2, 0.25) is 0 Å². The van der Waals surface area contributed by atoms with Crippen LogP contribution in [-0.4, -0.2) is 0 Å². The van der Waals surface area contributed by atoms with E-state index in [0.717, 1.165) is 55.7 Å². The first-order valence-electron chi connectivity index (χ1n) is 22.4. The van der Waals surface area contributed by atoms with Crippen LogP contribution in [0.4, 0.5) is 17.1 Å². The van der Waals surface area contributed by atoms with Gasteiger partial charge in [-0.25, -0.2) is 0 Å². The molecule has 0 atom stereocenters. The largest absolute Gasteiger partial charge is 0.455 e. The lowest BCUT2D eigenvalue weighted by molar-refractivity contribution is 0.670. The van der Waals surface area contributed by atoms with Crippen LogP contribution in [0.3, 0.4) is 0 Å². The van der Waals surface area contributed by atoms with E-state index >= 15 is 0 Å². The molecule has 2 nitrogen and oxygen atoms in total. The van der Waals surface area contributed by atoms with Gasteiger partial charge in [0.15, 0.2) is 0 Å². The minimum Gasteiger partial charge on any atom is -0.455 e. The predicted molar refractivity (Wildman–Crippen MR) is 272 cm³/mol. The Morgan fingerprint density at radius 1 is 0.338 bits per heavy atom. The topological polar surface area (TPSA) is 16.4 Å². The number of para-hydroxylation sites is 2. The summed E-state index contributed by atoms with van der Waals surface area (Å²) in [6.45, 7) is 0. The summed E-state index contributed by atoms with van der Waals surface area (Å²) in [5, 5.41) is 7.04. The van der Waals surface area contributed by atoms with E-state index in [1.54, 1.807) is 0 Å². The third-order valence-electron chi connectivity index (χ3n) is 13.7. The summed E-state index contributed by atoms with van der Waals surface area (Å²) < 4.78 is 6.94.